The van der Waals surface area contributed by atoms with Gasteiger partial charge in [0.25, 0.3) is 5.91 Å². The normalized spacial score (nSPS) is 30.8. The lowest BCUT2D eigenvalue weighted by Crippen LogP contribution is -2.58. The number of amides is 3. The van der Waals surface area contributed by atoms with E-state index in [1.165, 1.54) is 0 Å². The van der Waals surface area contributed by atoms with Crippen molar-refractivity contribution in [3.63, 3.8) is 0 Å². The van der Waals surface area contributed by atoms with Crippen LogP contribution < -0.4 is 10.6 Å². The molecule has 1 aromatic carbocycles. The van der Waals surface area contributed by atoms with Crippen molar-refractivity contribution in [1.29, 1.82) is 0 Å². The Kier molecular flexibility index (Phi) is 5.29. The van der Waals surface area contributed by atoms with Crippen LogP contribution in [0.3, 0.4) is 0 Å². The van der Waals surface area contributed by atoms with Crippen LogP contribution in [-0.4, -0.2) is 86.0 Å². The van der Waals surface area contributed by atoms with Crippen LogP contribution in [0.5, 0.6) is 0 Å². The number of urea groups is 1. The van der Waals surface area contributed by atoms with Gasteiger partial charge in [-0.25, -0.2) is 13.2 Å². The maximum absolute atomic E-state index is 12.9. The molecule has 4 rings (SSSR count). The number of sulfone groups is 1. The summed E-state index contributed by atoms with van der Waals surface area (Å²) in [6.07, 6.45) is 1.41. The fourth-order valence-corrected chi connectivity index (χ4v) is 6.06. The molecule has 3 amide bonds. The van der Waals surface area contributed by atoms with Gasteiger partial charge in [0.2, 0.25) is 0 Å². The van der Waals surface area contributed by atoms with E-state index in [1.54, 1.807) is 0 Å². The fraction of sp³-hybridized carbons (Fsp3) is 0.579. The van der Waals surface area contributed by atoms with Gasteiger partial charge < -0.3 is 15.5 Å². The molecule has 3 fully saturated rings. The highest BCUT2D eigenvalue weighted by Crippen LogP contribution is 2.26. The minimum Gasteiger partial charge on any atom is -0.337 e. The third-order valence-electron chi connectivity index (χ3n) is 5.91. The third-order valence-corrected chi connectivity index (χ3v) is 7.67. The number of carbonyl (C=O) groups excluding carboxylic acids is 2. The SMILES string of the molecule is O=C(NC[C@H]1CN(C(=O)c2ccccc2)[C@H]2CCN1C2)N[C@@H]1CCS(=O)(=O)C1. The molecule has 2 N–H and O–H groups in total. The van der Waals surface area contributed by atoms with Crippen molar-refractivity contribution in [2.24, 2.45) is 0 Å². The van der Waals surface area contributed by atoms with Crippen LogP contribution in [0.15, 0.2) is 30.3 Å². The molecule has 3 heterocycles. The van der Waals surface area contributed by atoms with Crippen molar-refractivity contribution in [3.8, 4) is 0 Å². The minimum absolute atomic E-state index is 0.0109. The van der Waals surface area contributed by atoms with E-state index < -0.39 is 9.84 Å². The lowest BCUT2D eigenvalue weighted by molar-refractivity contribution is 0.0499. The van der Waals surface area contributed by atoms with Gasteiger partial charge in [0.1, 0.15) is 0 Å². The minimum atomic E-state index is -3.02. The first-order chi connectivity index (χ1) is 13.4. The van der Waals surface area contributed by atoms with E-state index in [-0.39, 0.29) is 41.6 Å². The van der Waals surface area contributed by atoms with Crippen LogP contribution in [0.2, 0.25) is 0 Å². The zero-order valence-electron chi connectivity index (χ0n) is 15.7. The van der Waals surface area contributed by atoms with Crippen molar-refractivity contribution < 1.29 is 18.0 Å². The number of carbonyl (C=O) groups is 2. The molecule has 1 unspecified atom stereocenters. The second-order valence-electron chi connectivity index (χ2n) is 7.87. The number of fused-ring (bicyclic) bond motifs is 2. The monoisotopic (exact) mass is 406 g/mol. The van der Waals surface area contributed by atoms with Crippen LogP contribution in [0.25, 0.3) is 0 Å². The highest BCUT2D eigenvalue weighted by atomic mass is 32.2. The number of piperazine rings is 1. The van der Waals surface area contributed by atoms with Crippen molar-refractivity contribution in [1.82, 2.24) is 20.4 Å². The zero-order chi connectivity index (χ0) is 19.7. The van der Waals surface area contributed by atoms with Crippen molar-refractivity contribution >= 4 is 21.8 Å². The molecule has 1 aromatic rings. The van der Waals surface area contributed by atoms with E-state index >= 15 is 0 Å². The van der Waals surface area contributed by atoms with Crippen LogP contribution in [-0.2, 0) is 9.84 Å². The van der Waals surface area contributed by atoms with Crippen molar-refractivity contribution in [3.05, 3.63) is 35.9 Å². The lowest BCUT2D eigenvalue weighted by atomic mass is 10.1. The molecule has 152 valence electrons. The van der Waals surface area contributed by atoms with Gasteiger partial charge in [-0.05, 0) is 25.0 Å². The average molecular weight is 407 g/mol. The number of nitrogens with zero attached hydrogens (tertiary/aromatic N) is 2. The molecule has 4 atom stereocenters. The molecule has 0 spiro atoms. The Balaban J connectivity index is 1.33. The topological polar surface area (TPSA) is 98.8 Å². The van der Waals surface area contributed by atoms with Crippen molar-refractivity contribution in [2.45, 2.75) is 31.0 Å². The summed E-state index contributed by atoms with van der Waals surface area (Å²) in [6.45, 7) is 2.75. The lowest BCUT2D eigenvalue weighted by Gasteiger charge is -2.40. The summed E-state index contributed by atoms with van der Waals surface area (Å²) in [4.78, 5) is 29.3. The summed E-state index contributed by atoms with van der Waals surface area (Å²) in [5.74, 6) is 0.182. The van der Waals surface area contributed by atoms with Gasteiger partial charge in [0.15, 0.2) is 9.84 Å². The first kappa shape index (κ1) is 19.2. The van der Waals surface area contributed by atoms with Gasteiger partial charge in [0.05, 0.1) is 11.5 Å². The summed E-state index contributed by atoms with van der Waals surface area (Å²) in [7, 11) is -3.02. The molecule has 0 radical (unpaired) electrons. The Morgan fingerprint density at radius 1 is 1.11 bits per heavy atom. The molecule has 3 saturated heterocycles. The molecule has 28 heavy (non-hydrogen) atoms. The van der Waals surface area contributed by atoms with Crippen LogP contribution >= 0.6 is 0 Å². The van der Waals surface area contributed by atoms with E-state index in [9.17, 15) is 18.0 Å². The van der Waals surface area contributed by atoms with Crippen LogP contribution in [0.4, 0.5) is 4.79 Å². The number of nitrogens with one attached hydrogen (secondary N) is 2. The quantitative estimate of drug-likeness (QED) is 0.737. The summed E-state index contributed by atoms with van der Waals surface area (Å²) in [5, 5.41) is 5.61. The standard InChI is InChI=1S/C19H26N4O4S/c24-18(14-4-2-1-3-5-14)23-12-17(22-8-6-16(23)11-22)10-20-19(25)21-15-7-9-28(26,27)13-15/h1-5,15-17H,6-13H2,(H2,20,21,25)/t15-,16+,17+/m1/s1. The van der Waals surface area contributed by atoms with E-state index in [2.05, 4.69) is 15.5 Å². The third kappa shape index (κ3) is 4.15. The molecule has 2 bridgehead atoms. The van der Waals surface area contributed by atoms with Gasteiger partial charge in [-0.15, -0.1) is 0 Å². The summed E-state index contributed by atoms with van der Waals surface area (Å²) in [5.41, 5.74) is 0.690. The Hall–Kier alpha value is -2.13. The second-order valence-corrected chi connectivity index (χ2v) is 10.1. The average Bonchev–Trinajstić information content (AvgIpc) is 3.25. The molecule has 0 aromatic heterocycles. The fourth-order valence-electron chi connectivity index (χ4n) is 4.39. The number of rotatable bonds is 4. The largest absolute Gasteiger partial charge is 0.337 e. The maximum Gasteiger partial charge on any atom is 0.315 e. The predicted octanol–water partition coefficient (Wildman–Crippen LogP) is 0.0716. The van der Waals surface area contributed by atoms with Gasteiger partial charge in [-0.2, -0.15) is 0 Å². The molecule has 0 aliphatic carbocycles. The predicted molar refractivity (Wildman–Crippen MR) is 105 cm³/mol. The summed E-state index contributed by atoms with van der Waals surface area (Å²) < 4.78 is 23.0. The zero-order valence-corrected chi connectivity index (χ0v) is 16.5. The highest BCUT2D eigenvalue weighted by Gasteiger charge is 2.41. The number of hydrogen-bond donors (Lipinski definition) is 2. The maximum atomic E-state index is 12.9. The number of benzene rings is 1. The Labute approximate surface area is 165 Å². The molecule has 0 saturated carbocycles. The Bertz CT molecular complexity index is 845. The molecular weight excluding hydrogens is 380 g/mol. The smallest absolute Gasteiger partial charge is 0.315 e. The van der Waals surface area contributed by atoms with E-state index in [0.717, 1.165) is 19.5 Å². The highest BCUT2D eigenvalue weighted by molar-refractivity contribution is 7.91. The molecule has 3 aliphatic heterocycles. The Morgan fingerprint density at radius 3 is 2.61 bits per heavy atom. The van der Waals surface area contributed by atoms with Crippen LogP contribution in [0.1, 0.15) is 23.2 Å². The Morgan fingerprint density at radius 2 is 1.89 bits per heavy atom. The second kappa shape index (κ2) is 7.71. The van der Waals surface area contributed by atoms with Crippen LogP contribution in [0, 0.1) is 0 Å². The summed E-state index contributed by atoms with van der Waals surface area (Å²) >= 11 is 0. The molecule has 9 heteroatoms. The first-order valence-corrected chi connectivity index (χ1v) is 11.6. The van der Waals surface area contributed by atoms with Gasteiger partial charge in [0, 0.05) is 49.9 Å². The molecular formula is C19H26N4O4S. The van der Waals surface area contributed by atoms with Gasteiger partial charge >= 0.3 is 6.03 Å². The van der Waals surface area contributed by atoms with Gasteiger partial charge in [-0.1, -0.05) is 18.2 Å². The number of hydrogen-bond acceptors (Lipinski definition) is 5. The summed E-state index contributed by atoms with van der Waals surface area (Å²) in [6, 6.07) is 8.92. The van der Waals surface area contributed by atoms with Gasteiger partial charge in [-0.3, -0.25) is 9.69 Å². The van der Waals surface area contributed by atoms with E-state index in [1.807, 2.05) is 35.2 Å². The van der Waals surface area contributed by atoms with E-state index in [4.69, 9.17) is 0 Å². The first-order valence-electron chi connectivity index (χ1n) is 9.76. The molecule has 3 aliphatic rings. The molecule has 8 nitrogen and oxygen atoms in total. The van der Waals surface area contributed by atoms with E-state index in [0.29, 0.717) is 25.1 Å². The van der Waals surface area contributed by atoms with Crippen molar-refractivity contribution in [2.75, 3.05) is 37.7 Å².